The van der Waals surface area contributed by atoms with Crippen LogP contribution in [0.3, 0.4) is 0 Å². The molecule has 0 spiro atoms. The minimum absolute atomic E-state index is 0.119. The molecule has 0 saturated heterocycles. The highest BCUT2D eigenvalue weighted by molar-refractivity contribution is 5.96. The first kappa shape index (κ1) is 15.9. The van der Waals surface area contributed by atoms with Gasteiger partial charge in [0.2, 0.25) is 0 Å². The summed E-state index contributed by atoms with van der Waals surface area (Å²) in [6, 6.07) is 8.37. The molecule has 0 fully saturated rings. The number of amides is 2. The van der Waals surface area contributed by atoms with E-state index >= 15 is 0 Å². The zero-order valence-electron chi connectivity index (χ0n) is 11.8. The van der Waals surface area contributed by atoms with E-state index in [2.05, 4.69) is 15.8 Å². The summed E-state index contributed by atoms with van der Waals surface area (Å²) in [5, 5.41) is 16.5. The molecule has 2 N–H and O–H groups in total. The standard InChI is InChI=1S/C14H12N4O5/c19-13(17-16-8-12-2-1-7-23-12)9-15-14(20)10-3-5-11(6-4-10)18(21)22/h1-8H,9H2,(H,15,20)(H,17,19)/b16-8-. The van der Waals surface area contributed by atoms with Crippen LogP contribution in [0, 0.1) is 10.1 Å². The fraction of sp³-hybridized carbons (Fsp3) is 0.0714. The summed E-state index contributed by atoms with van der Waals surface area (Å²) in [6.45, 7) is -0.286. The highest BCUT2D eigenvalue weighted by Gasteiger charge is 2.10. The van der Waals surface area contributed by atoms with Crippen molar-refractivity contribution in [3.63, 3.8) is 0 Å². The van der Waals surface area contributed by atoms with Gasteiger partial charge >= 0.3 is 0 Å². The summed E-state index contributed by atoms with van der Waals surface area (Å²) >= 11 is 0. The van der Waals surface area contributed by atoms with Gasteiger partial charge in [-0.1, -0.05) is 0 Å². The topological polar surface area (TPSA) is 127 Å². The molecule has 0 bridgehead atoms. The molecule has 1 heterocycles. The molecule has 118 valence electrons. The molecular weight excluding hydrogens is 304 g/mol. The first-order chi connectivity index (χ1) is 11.1. The molecule has 1 aromatic carbocycles. The van der Waals surface area contributed by atoms with Crippen molar-refractivity contribution in [2.45, 2.75) is 0 Å². The van der Waals surface area contributed by atoms with E-state index in [-0.39, 0.29) is 17.8 Å². The maximum Gasteiger partial charge on any atom is 0.269 e. The van der Waals surface area contributed by atoms with E-state index in [0.717, 1.165) is 0 Å². The Balaban J connectivity index is 1.79. The Labute approximate surface area is 130 Å². The van der Waals surface area contributed by atoms with Gasteiger partial charge in [-0.05, 0) is 24.3 Å². The van der Waals surface area contributed by atoms with E-state index in [9.17, 15) is 19.7 Å². The number of furan rings is 1. The molecule has 0 atom stereocenters. The minimum atomic E-state index is -0.563. The SMILES string of the molecule is O=C(CNC(=O)c1ccc([N+](=O)[O-])cc1)N/N=C\c1ccco1. The Hall–Kier alpha value is -3.49. The van der Waals surface area contributed by atoms with Crippen LogP contribution in [-0.2, 0) is 4.79 Å². The smallest absolute Gasteiger partial charge is 0.269 e. The van der Waals surface area contributed by atoms with Gasteiger partial charge in [-0.25, -0.2) is 5.43 Å². The number of nitrogens with zero attached hydrogens (tertiary/aromatic N) is 2. The summed E-state index contributed by atoms with van der Waals surface area (Å²) in [5.74, 6) is -0.576. The molecule has 0 radical (unpaired) electrons. The molecule has 23 heavy (non-hydrogen) atoms. The van der Waals surface area contributed by atoms with Crippen LogP contribution in [0.2, 0.25) is 0 Å². The third-order valence-electron chi connectivity index (χ3n) is 2.67. The lowest BCUT2D eigenvalue weighted by Crippen LogP contribution is -2.34. The van der Waals surface area contributed by atoms with Gasteiger partial charge in [0.1, 0.15) is 5.76 Å². The van der Waals surface area contributed by atoms with Gasteiger partial charge in [-0.2, -0.15) is 5.10 Å². The fourth-order valence-corrected chi connectivity index (χ4v) is 1.57. The number of hydrogen-bond acceptors (Lipinski definition) is 6. The lowest BCUT2D eigenvalue weighted by Gasteiger charge is -2.03. The lowest BCUT2D eigenvalue weighted by molar-refractivity contribution is -0.384. The van der Waals surface area contributed by atoms with Crippen LogP contribution < -0.4 is 10.7 Å². The van der Waals surface area contributed by atoms with Crippen LogP contribution in [0.1, 0.15) is 16.1 Å². The van der Waals surface area contributed by atoms with Crippen LogP contribution in [0.15, 0.2) is 52.2 Å². The van der Waals surface area contributed by atoms with E-state index in [1.807, 2.05) is 0 Å². The summed E-state index contributed by atoms with van der Waals surface area (Å²) < 4.78 is 4.98. The number of nitro benzene ring substituents is 1. The summed E-state index contributed by atoms with van der Waals surface area (Å²) in [7, 11) is 0. The van der Waals surface area contributed by atoms with Gasteiger partial charge in [0.25, 0.3) is 17.5 Å². The maximum atomic E-state index is 11.8. The van der Waals surface area contributed by atoms with Gasteiger partial charge < -0.3 is 9.73 Å². The van der Waals surface area contributed by atoms with Gasteiger partial charge in [0.15, 0.2) is 0 Å². The van der Waals surface area contributed by atoms with Crippen LogP contribution >= 0.6 is 0 Å². The molecule has 0 aliphatic carbocycles. The molecule has 9 nitrogen and oxygen atoms in total. The first-order valence-corrected chi connectivity index (χ1v) is 6.44. The maximum absolute atomic E-state index is 11.8. The van der Waals surface area contributed by atoms with Crippen LogP contribution in [0.25, 0.3) is 0 Å². The Morgan fingerprint density at radius 3 is 2.61 bits per heavy atom. The van der Waals surface area contributed by atoms with Crippen molar-refractivity contribution in [3.05, 3.63) is 64.1 Å². The minimum Gasteiger partial charge on any atom is -0.463 e. The van der Waals surface area contributed by atoms with Gasteiger partial charge in [0.05, 0.1) is 23.9 Å². The van der Waals surface area contributed by atoms with E-state index in [0.29, 0.717) is 5.76 Å². The molecule has 0 saturated carbocycles. The third kappa shape index (κ3) is 4.77. The summed E-state index contributed by atoms with van der Waals surface area (Å²) in [6.07, 6.45) is 2.78. The summed E-state index contributed by atoms with van der Waals surface area (Å²) in [4.78, 5) is 33.2. The zero-order chi connectivity index (χ0) is 16.7. The number of nitro groups is 1. The van der Waals surface area contributed by atoms with Crippen LogP contribution in [0.5, 0.6) is 0 Å². The molecule has 0 aliphatic rings. The molecule has 0 aliphatic heterocycles. The monoisotopic (exact) mass is 316 g/mol. The van der Waals surface area contributed by atoms with Gasteiger partial charge in [-0.3, -0.25) is 19.7 Å². The average molecular weight is 316 g/mol. The van der Waals surface area contributed by atoms with Crippen molar-refractivity contribution in [2.24, 2.45) is 5.10 Å². The number of benzene rings is 1. The second kappa shape index (κ2) is 7.50. The van der Waals surface area contributed by atoms with Crippen molar-refractivity contribution in [1.29, 1.82) is 0 Å². The van der Waals surface area contributed by atoms with Crippen LogP contribution in [-0.4, -0.2) is 29.5 Å². The highest BCUT2D eigenvalue weighted by atomic mass is 16.6. The predicted octanol–water partition coefficient (Wildman–Crippen LogP) is 1.07. The fourth-order valence-electron chi connectivity index (χ4n) is 1.57. The first-order valence-electron chi connectivity index (χ1n) is 6.44. The predicted molar refractivity (Wildman–Crippen MR) is 79.9 cm³/mol. The van der Waals surface area contributed by atoms with Crippen molar-refractivity contribution >= 4 is 23.7 Å². The number of nitrogens with one attached hydrogen (secondary N) is 2. The van der Waals surface area contributed by atoms with E-state index in [1.54, 1.807) is 12.1 Å². The molecule has 1 aromatic heterocycles. The molecule has 2 aromatic rings. The largest absolute Gasteiger partial charge is 0.463 e. The Morgan fingerprint density at radius 1 is 1.26 bits per heavy atom. The van der Waals surface area contributed by atoms with Crippen molar-refractivity contribution in [2.75, 3.05) is 6.54 Å². The van der Waals surface area contributed by atoms with E-state index in [4.69, 9.17) is 4.42 Å². The Bertz CT molecular complexity index is 722. The molecule has 9 heteroatoms. The quantitative estimate of drug-likeness (QED) is 0.468. The van der Waals surface area contributed by atoms with Crippen LogP contribution in [0.4, 0.5) is 5.69 Å². The number of non-ortho nitro benzene ring substituents is 1. The van der Waals surface area contributed by atoms with Crippen molar-refractivity contribution in [1.82, 2.24) is 10.7 Å². The van der Waals surface area contributed by atoms with Crippen molar-refractivity contribution in [3.8, 4) is 0 Å². The number of carbonyl (C=O) groups is 2. The van der Waals surface area contributed by atoms with Gasteiger partial charge in [-0.15, -0.1) is 0 Å². The van der Waals surface area contributed by atoms with Gasteiger partial charge in [0, 0.05) is 17.7 Å². The number of hydrogen-bond donors (Lipinski definition) is 2. The van der Waals surface area contributed by atoms with E-state index < -0.39 is 16.7 Å². The Kier molecular flexibility index (Phi) is 5.18. The average Bonchev–Trinajstić information content (AvgIpc) is 3.06. The lowest BCUT2D eigenvalue weighted by atomic mass is 10.2. The molecule has 2 rings (SSSR count). The number of carbonyl (C=O) groups excluding carboxylic acids is 2. The molecule has 2 amide bonds. The van der Waals surface area contributed by atoms with E-state index in [1.165, 1.54) is 36.7 Å². The third-order valence-corrected chi connectivity index (χ3v) is 2.67. The number of rotatable bonds is 6. The normalized spacial score (nSPS) is 10.4. The van der Waals surface area contributed by atoms with Crippen molar-refractivity contribution < 1.29 is 18.9 Å². The molecular formula is C14H12N4O5. The number of hydrazone groups is 1. The Morgan fingerprint density at radius 2 is 2.00 bits per heavy atom. The zero-order valence-corrected chi connectivity index (χ0v) is 11.8. The summed E-state index contributed by atoms with van der Waals surface area (Å²) in [5.41, 5.74) is 2.31. The second-order valence-corrected chi connectivity index (χ2v) is 4.30. The molecule has 0 unspecified atom stereocenters. The second-order valence-electron chi connectivity index (χ2n) is 4.30. The highest BCUT2D eigenvalue weighted by Crippen LogP contribution is 2.11.